The normalized spacial score (nSPS) is 15.6. The molecule has 2 aromatic rings. The van der Waals surface area contributed by atoms with E-state index in [0.29, 0.717) is 23.9 Å². The lowest BCUT2D eigenvalue weighted by molar-refractivity contribution is -0.116. The van der Waals surface area contributed by atoms with Crippen LogP contribution in [0, 0.1) is 5.92 Å². The average molecular weight is 299 g/mol. The summed E-state index contributed by atoms with van der Waals surface area (Å²) in [4.78, 5) is 16.0. The Morgan fingerprint density at radius 2 is 2.00 bits per heavy atom. The number of hydrogen-bond acceptors (Lipinski definition) is 4. The summed E-state index contributed by atoms with van der Waals surface area (Å²) in [5, 5.41) is 6.76. The number of carbonyl (C=O) groups excluding carboxylic acids is 1. The molecule has 1 aliphatic carbocycles. The highest BCUT2D eigenvalue weighted by Crippen LogP contribution is 2.27. The molecule has 0 atom stereocenters. The Balaban J connectivity index is 1.50. The van der Waals surface area contributed by atoms with Crippen LogP contribution in [-0.4, -0.2) is 16.0 Å². The van der Waals surface area contributed by atoms with Crippen LogP contribution in [0.3, 0.4) is 0 Å². The molecular weight excluding hydrogens is 278 g/mol. The van der Waals surface area contributed by atoms with Crippen LogP contribution in [0.5, 0.6) is 0 Å². The third-order valence-electron chi connectivity index (χ3n) is 4.25. The molecule has 2 heterocycles. The monoisotopic (exact) mass is 299 g/mol. The lowest BCUT2D eigenvalue weighted by atomic mass is 9.86. The van der Waals surface area contributed by atoms with Crippen LogP contribution in [0.1, 0.15) is 44.9 Å². The molecule has 0 saturated heterocycles. The third kappa shape index (κ3) is 3.93. The van der Waals surface area contributed by atoms with Crippen molar-refractivity contribution in [1.29, 1.82) is 0 Å². The van der Waals surface area contributed by atoms with Crippen molar-refractivity contribution in [2.45, 2.75) is 44.9 Å². The summed E-state index contributed by atoms with van der Waals surface area (Å²) >= 11 is 0. The second-order valence-electron chi connectivity index (χ2n) is 5.90. The first kappa shape index (κ1) is 14.8. The molecule has 1 aliphatic rings. The van der Waals surface area contributed by atoms with E-state index < -0.39 is 0 Å². The Hall–Kier alpha value is -2.17. The Kier molecular flexibility index (Phi) is 4.83. The summed E-state index contributed by atoms with van der Waals surface area (Å²) < 4.78 is 5.18. The molecule has 1 N–H and O–H groups in total. The molecule has 1 fully saturated rings. The van der Waals surface area contributed by atoms with Gasteiger partial charge in [0.25, 0.3) is 0 Å². The van der Waals surface area contributed by atoms with Gasteiger partial charge in [0.05, 0.1) is 0 Å². The first-order chi connectivity index (χ1) is 10.8. The summed E-state index contributed by atoms with van der Waals surface area (Å²) in [6, 6.07) is 5.45. The predicted molar refractivity (Wildman–Crippen MR) is 84.2 cm³/mol. The van der Waals surface area contributed by atoms with E-state index in [1.54, 1.807) is 18.5 Å². The number of amides is 1. The molecule has 5 heteroatoms. The van der Waals surface area contributed by atoms with E-state index in [-0.39, 0.29) is 5.91 Å². The minimum atomic E-state index is 0.00278. The molecule has 5 nitrogen and oxygen atoms in total. The molecule has 116 valence electrons. The van der Waals surface area contributed by atoms with Crippen LogP contribution < -0.4 is 5.32 Å². The average Bonchev–Trinajstić information content (AvgIpc) is 3.03. The van der Waals surface area contributed by atoms with Crippen molar-refractivity contribution in [2.24, 2.45) is 5.92 Å². The second-order valence-corrected chi connectivity index (χ2v) is 5.90. The van der Waals surface area contributed by atoms with E-state index in [4.69, 9.17) is 4.52 Å². The number of aromatic nitrogens is 2. The number of pyridine rings is 1. The Morgan fingerprint density at radius 3 is 2.77 bits per heavy atom. The summed E-state index contributed by atoms with van der Waals surface area (Å²) in [5.41, 5.74) is 1.62. The molecule has 1 saturated carbocycles. The van der Waals surface area contributed by atoms with Gasteiger partial charge in [0, 0.05) is 30.4 Å². The van der Waals surface area contributed by atoms with E-state index >= 15 is 0 Å². The Bertz CT molecular complexity index is 603. The number of rotatable bonds is 5. The lowest BCUT2D eigenvalue weighted by Gasteiger charge is -2.20. The van der Waals surface area contributed by atoms with E-state index in [1.165, 1.54) is 32.1 Å². The quantitative estimate of drug-likeness (QED) is 0.904. The fourth-order valence-electron chi connectivity index (χ4n) is 3.00. The summed E-state index contributed by atoms with van der Waals surface area (Å²) in [6.45, 7) is 0. The van der Waals surface area contributed by atoms with E-state index in [1.807, 2.05) is 12.1 Å². The first-order valence-electron chi connectivity index (χ1n) is 7.98. The molecule has 3 rings (SSSR count). The van der Waals surface area contributed by atoms with E-state index in [2.05, 4.69) is 15.5 Å². The van der Waals surface area contributed by atoms with Crippen LogP contribution in [0.2, 0.25) is 0 Å². The van der Waals surface area contributed by atoms with Gasteiger partial charge < -0.3 is 4.52 Å². The molecule has 0 aliphatic heterocycles. The van der Waals surface area contributed by atoms with E-state index in [9.17, 15) is 4.79 Å². The highest BCUT2D eigenvalue weighted by Gasteiger charge is 2.15. The molecule has 1 amide bonds. The predicted octanol–water partition coefficient (Wildman–Crippen LogP) is 4.04. The first-order valence-corrected chi connectivity index (χ1v) is 7.98. The van der Waals surface area contributed by atoms with Crippen LogP contribution in [0.15, 0.2) is 35.1 Å². The summed E-state index contributed by atoms with van der Waals surface area (Å²) in [5.74, 6) is 1.12. The largest absolute Gasteiger partial charge is 0.338 e. The summed E-state index contributed by atoms with van der Waals surface area (Å²) in [7, 11) is 0. The Morgan fingerprint density at radius 1 is 1.23 bits per heavy atom. The van der Waals surface area contributed by atoms with Crippen molar-refractivity contribution in [3.05, 3.63) is 30.6 Å². The topological polar surface area (TPSA) is 68.0 Å². The summed E-state index contributed by atoms with van der Waals surface area (Å²) in [6.07, 6.45) is 11.4. The maximum absolute atomic E-state index is 12.0. The molecular formula is C17H21N3O2. The highest BCUT2D eigenvalue weighted by molar-refractivity contribution is 5.89. The minimum absolute atomic E-state index is 0.00278. The molecule has 0 spiro atoms. The van der Waals surface area contributed by atoms with Crippen molar-refractivity contribution in [3.63, 3.8) is 0 Å². The van der Waals surface area contributed by atoms with Crippen molar-refractivity contribution < 1.29 is 9.32 Å². The maximum atomic E-state index is 12.0. The fraction of sp³-hybridized carbons (Fsp3) is 0.471. The molecule has 0 aromatic carbocycles. The van der Waals surface area contributed by atoms with Crippen LogP contribution in [0.4, 0.5) is 5.88 Å². The van der Waals surface area contributed by atoms with Gasteiger partial charge in [0.1, 0.15) is 5.69 Å². The Labute approximate surface area is 130 Å². The number of anilines is 1. The second kappa shape index (κ2) is 7.20. The van der Waals surface area contributed by atoms with Crippen molar-refractivity contribution in [3.8, 4) is 11.3 Å². The minimum Gasteiger partial charge on any atom is -0.338 e. The SMILES string of the molecule is O=C(CCC1CCCCC1)Nc1cc(-c2ccncc2)no1. The van der Waals surface area contributed by atoms with Gasteiger partial charge in [0.2, 0.25) is 11.8 Å². The van der Waals surface area contributed by atoms with Gasteiger partial charge in [-0.15, -0.1) is 0 Å². The van der Waals surface area contributed by atoms with Gasteiger partial charge in [-0.05, 0) is 24.5 Å². The van der Waals surface area contributed by atoms with E-state index in [0.717, 1.165) is 12.0 Å². The lowest BCUT2D eigenvalue weighted by Crippen LogP contribution is -2.14. The zero-order valence-electron chi connectivity index (χ0n) is 12.6. The van der Waals surface area contributed by atoms with Gasteiger partial charge in [-0.25, -0.2) is 0 Å². The fourth-order valence-corrected chi connectivity index (χ4v) is 3.00. The number of hydrogen-bond donors (Lipinski definition) is 1. The van der Waals surface area contributed by atoms with Crippen molar-refractivity contribution in [2.75, 3.05) is 5.32 Å². The highest BCUT2D eigenvalue weighted by atomic mass is 16.5. The molecule has 0 bridgehead atoms. The van der Waals surface area contributed by atoms with Gasteiger partial charge >= 0.3 is 0 Å². The molecule has 0 radical (unpaired) electrons. The van der Waals surface area contributed by atoms with Crippen LogP contribution >= 0.6 is 0 Å². The third-order valence-corrected chi connectivity index (χ3v) is 4.25. The van der Waals surface area contributed by atoms with Crippen molar-refractivity contribution in [1.82, 2.24) is 10.1 Å². The van der Waals surface area contributed by atoms with Crippen LogP contribution in [0.25, 0.3) is 11.3 Å². The molecule has 22 heavy (non-hydrogen) atoms. The smallest absolute Gasteiger partial charge is 0.231 e. The molecule has 2 aromatic heterocycles. The number of nitrogens with zero attached hydrogens (tertiary/aromatic N) is 2. The van der Waals surface area contributed by atoms with Gasteiger partial charge in [-0.2, -0.15) is 0 Å². The maximum Gasteiger partial charge on any atom is 0.231 e. The van der Waals surface area contributed by atoms with Gasteiger partial charge in [-0.3, -0.25) is 15.1 Å². The van der Waals surface area contributed by atoms with Gasteiger partial charge in [-0.1, -0.05) is 37.3 Å². The van der Waals surface area contributed by atoms with Crippen molar-refractivity contribution >= 4 is 11.8 Å². The zero-order chi connectivity index (χ0) is 15.2. The standard InChI is InChI=1S/C17H21N3O2/c21-16(7-6-13-4-2-1-3-5-13)19-17-12-15(20-22-17)14-8-10-18-11-9-14/h8-13H,1-7H2,(H,19,21). The number of nitrogens with one attached hydrogen (secondary N) is 1. The van der Waals surface area contributed by atoms with Crippen LogP contribution in [-0.2, 0) is 4.79 Å². The molecule has 0 unspecified atom stereocenters. The number of carbonyl (C=O) groups is 1. The van der Waals surface area contributed by atoms with Gasteiger partial charge in [0.15, 0.2) is 0 Å². The zero-order valence-corrected chi connectivity index (χ0v) is 12.6.